The number of phenols is 2. The molecule has 1 fully saturated rings. The van der Waals surface area contributed by atoms with E-state index < -0.39 is 6.08 Å². The van der Waals surface area contributed by atoms with E-state index in [9.17, 15) is 14.6 Å². The number of aromatic hydroxyl groups is 2. The molecule has 8 nitrogen and oxygen atoms in total. The van der Waals surface area contributed by atoms with Crippen LogP contribution >= 0.6 is 0 Å². The molecule has 1 unspecified atom stereocenters. The Morgan fingerprint density at radius 3 is 2.78 bits per heavy atom. The quantitative estimate of drug-likeness (QED) is 0.604. The van der Waals surface area contributed by atoms with E-state index in [1.54, 1.807) is 10.9 Å². The number of hydrogen-bond donors (Lipinski definition) is 3. The molecule has 0 bridgehead atoms. The Bertz CT molecular complexity index is 933. The molecular weight excluding hydrogens is 353 g/mol. The second-order valence-electron chi connectivity index (χ2n) is 6.55. The van der Waals surface area contributed by atoms with E-state index >= 15 is 0 Å². The molecule has 1 aliphatic rings. The monoisotopic (exact) mass is 373 g/mol. The standard InChI is InChI=1S/C18H20FN5O3/c19-18-22-16(20-9-11-6-12(25)8-13(26)7-11)15-17(23-18)24(10-21-15)14-4-2-1-3-5-27-14/h6-8,10,14,25-26H,1-5,9H2,(H,20,22,23). The number of halogens is 1. The van der Waals surface area contributed by atoms with Gasteiger partial charge in [0.05, 0.1) is 6.33 Å². The second-order valence-corrected chi connectivity index (χ2v) is 6.55. The summed E-state index contributed by atoms with van der Waals surface area (Å²) in [6.07, 6.45) is 4.49. The third kappa shape index (κ3) is 3.77. The van der Waals surface area contributed by atoms with Crippen molar-refractivity contribution in [2.75, 3.05) is 11.9 Å². The SMILES string of the molecule is Oc1cc(O)cc(CNc2nc(F)nc3c2ncn3C2CCCCCO2)c1. The molecule has 0 amide bonds. The van der Waals surface area contributed by atoms with Gasteiger partial charge >= 0.3 is 6.08 Å². The summed E-state index contributed by atoms with van der Waals surface area (Å²) in [5, 5.41) is 22.1. The lowest BCUT2D eigenvalue weighted by Gasteiger charge is -2.17. The lowest BCUT2D eigenvalue weighted by atomic mass is 10.2. The number of aromatic nitrogens is 4. The van der Waals surface area contributed by atoms with Gasteiger partial charge in [-0.25, -0.2) is 4.98 Å². The molecule has 3 aromatic rings. The van der Waals surface area contributed by atoms with E-state index in [2.05, 4.69) is 20.3 Å². The minimum atomic E-state index is -0.862. The highest BCUT2D eigenvalue weighted by Gasteiger charge is 2.20. The number of anilines is 1. The summed E-state index contributed by atoms with van der Waals surface area (Å²) in [5.74, 6) is 0.133. The summed E-state index contributed by atoms with van der Waals surface area (Å²) in [5.41, 5.74) is 1.43. The Balaban J connectivity index is 1.63. The summed E-state index contributed by atoms with van der Waals surface area (Å²) in [4.78, 5) is 12.1. The first-order valence-electron chi connectivity index (χ1n) is 8.87. The number of benzene rings is 1. The average Bonchev–Trinajstić information content (AvgIpc) is 2.86. The Labute approximate surface area is 154 Å². The summed E-state index contributed by atoms with van der Waals surface area (Å²) in [7, 11) is 0. The van der Waals surface area contributed by atoms with Gasteiger partial charge in [0.15, 0.2) is 17.0 Å². The highest BCUT2D eigenvalue weighted by atomic mass is 19.1. The summed E-state index contributed by atoms with van der Waals surface area (Å²) < 4.78 is 21.6. The summed E-state index contributed by atoms with van der Waals surface area (Å²) >= 11 is 0. The Hall–Kier alpha value is -2.94. The molecule has 2 aromatic heterocycles. The molecule has 142 valence electrons. The number of phenolic OH excluding ortho intramolecular Hbond substituents is 2. The highest BCUT2D eigenvalue weighted by molar-refractivity contribution is 5.82. The van der Waals surface area contributed by atoms with Crippen molar-refractivity contribution in [1.29, 1.82) is 0 Å². The van der Waals surface area contributed by atoms with E-state index in [1.165, 1.54) is 18.2 Å². The van der Waals surface area contributed by atoms with Gasteiger partial charge < -0.3 is 20.3 Å². The maximum atomic E-state index is 14.0. The lowest BCUT2D eigenvalue weighted by Crippen LogP contribution is -2.12. The van der Waals surface area contributed by atoms with E-state index in [4.69, 9.17) is 4.74 Å². The highest BCUT2D eigenvalue weighted by Crippen LogP contribution is 2.28. The van der Waals surface area contributed by atoms with E-state index in [1.807, 2.05) is 0 Å². The number of nitrogens with one attached hydrogen (secondary N) is 1. The van der Waals surface area contributed by atoms with Crippen molar-refractivity contribution < 1.29 is 19.3 Å². The van der Waals surface area contributed by atoms with Gasteiger partial charge in [-0.05, 0) is 37.0 Å². The van der Waals surface area contributed by atoms with Crippen LogP contribution in [0.5, 0.6) is 11.5 Å². The molecule has 0 saturated carbocycles. The van der Waals surface area contributed by atoms with Crippen LogP contribution in [-0.2, 0) is 11.3 Å². The normalized spacial score (nSPS) is 17.7. The molecule has 3 N–H and O–H groups in total. The molecule has 1 aromatic carbocycles. The van der Waals surface area contributed by atoms with Crippen molar-refractivity contribution in [1.82, 2.24) is 19.5 Å². The van der Waals surface area contributed by atoms with Crippen LogP contribution in [0.15, 0.2) is 24.5 Å². The fraction of sp³-hybridized carbons (Fsp3) is 0.389. The number of nitrogens with zero attached hydrogens (tertiary/aromatic N) is 4. The molecule has 1 aliphatic heterocycles. The van der Waals surface area contributed by atoms with E-state index in [-0.39, 0.29) is 30.1 Å². The van der Waals surface area contributed by atoms with Gasteiger partial charge in [0, 0.05) is 19.2 Å². The van der Waals surface area contributed by atoms with Crippen LogP contribution in [0.1, 0.15) is 37.5 Å². The van der Waals surface area contributed by atoms with Gasteiger partial charge in [-0.1, -0.05) is 6.42 Å². The number of imidazole rings is 1. The number of hydrogen-bond acceptors (Lipinski definition) is 7. The first kappa shape index (κ1) is 17.5. The third-order valence-corrected chi connectivity index (χ3v) is 4.53. The molecular formula is C18H20FN5O3. The van der Waals surface area contributed by atoms with Gasteiger partial charge in [0.2, 0.25) is 0 Å². The molecule has 27 heavy (non-hydrogen) atoms. The maximum absolute atomic E-state index is 14.0. The first-order valence-corrected chi connectivity index (χ1v) is 8.87. The second kappa shape index (κ2) is 7.36. The largest absolute Gasteiger partial charge is 0.508 e. The summed E-state index contributed by atoms with van der Waals surface area (Å²) in [6.45, 7) is 0.879. The van der Waals surface area contributed by atoms with Gasteiger partial charge in [-0.2, -0.15) is 14.4 Å². The van der Waals surface area contributed by atoms with Crippen molar-refractivity contribution in [3.8, 4) is 11.5 Å². The van der Waals surface area contributed by atoms with Crippen LogP contribution in [0.4, 0.5) is 10.2 Å². The van der Waals surface area contributed by atoms with Crippen LogP contribution in [0.3, 0.4) is 0 Å². The third-order valence-electron chi connectivity index (χ3n) is 4.53. The predicted octanol–water partition coefficient (Wildman–Crippen LogP) is 3.08. The van der Waals surface area contributed by atoms with Gasteiger partial charge in [0.1, 0.15) is 17.7 Å². The van der Waals surface area contributed by atoms with Gasteiger partial charge in [-0.15, -0.1) is 0 Å². The average molecular weight is 373 g/mol. The molecule has 9 heteroatoms. The fourth-order valence-corrected chi connectivity index (χ4v) is 3.29. The zero-order valence-corrected chi connectivity index (χ0v) is 14.6. The van der Waals surface area contributed by atoms with Crippen LogP contribution < -0.4 is 5.32 Å². The Morgan fingerprint density at radius 1 is 1.15 bits per heavy atom. The molecule has 3 heterocycles. The molecule has 0 aliphatic carbocycles. The van der Waals surface area contributed by atoms with Gasteiger partial charge in [0.25, 0.3) is 0 Å². The fourth-order valence-electron chi connectivity index (χ4n) is 3.29. The lowest BCUT2D eigenvalue weighted by molar-refractivity contribution is 0.00928. The van der Waals surface area contributed by atoms with E-state index in [0.29, 0.717) is 23.3 Å². The minimum Gasteiger partial charge on any atom is -0.508 e. The number of rotatable bonds is 4. The molecule has 0 spiro atoms. The topological polar surface area (TPSA) is 105 Å². The van der Waals surface area contributed by atoms with E-state index in [0.717, 1.165) is 25.7 Å². The Kier molecular flexibility index (Phi) is 4.76. The van der Waals surface area contributed by atoms with Crippen LogP contribution in [0, 0.1) is 6.08 Å². The maximum Gasteiger partial charge on any atom is 0.312 e. The molecule has 1 atom stereocenters. The first-order chi connectivity index (χ1) is 13.1. The van der Waals surface area contributed by atoms with Crippen LogP contribution in [-0.4, -0.2) is 36.3 Å². The zero-order valence-electron chi connectivity index (χ0n) is 14.6. The van der Waals surface area contributed by atoms with Crippen molar-refractivity contribution in [3.05, 3.63) is 36.2 Å². The number of ether oxygens (including phenoxy) is 1. The molecule has 4 rings (SSSR count). The zero-order chi connectivity index (χ0) is 18.8. The van der Waals surface area contributed by atoms with Crippen molar-refractivity contribution in [3.63, 3.8) is 0 Å². The molecule has 1 saturated heterocycles. The minimum absolute atomic E-state index is 0.0550. The van der Waals surface area contributed by atoms with Gasteiger partial charge in [-0.3, -0.25) is 4.57 Å². The number of fused-ring (bicyclic) bond motifs is 1. The van der Waals surface area contributed by atoms with Crippen LogP contribution in [0.2, 0.25) is 0 Å². The molecule has 0 radical (unpaired) electrons. The predicted molar refractivity (Wildman–Crippen MR) is 95.8 cm³/mol. The smallest absolute Gasteiger partial charge is 0.312 e. The summed E-state index contributed by atoms with van der Waals surface area (Å²) in [6, 6.07) is 4.24. The van der Waals surface area contributed by atoms with Crippen LogP contribution in [0.25, 0.3) is 11.2 Å². The van der Waals surface area contributed by atoms with Crippen molar-refractivity contribution in [2.24, 2.45) is 0 Å². The van der Waals surface area contributed by atoms with Crippen molar-refractivity contribution >= 4 is 17.0 Å². The Morgan fingerprint density at radius 2 is 1.96 bits per heavy atom. The van der Waals surface area contributed by atoms with Crippen molar-refractivity contribution in [2.45, 2.75) is 38.5 Å².